The van der Waals surface area contributed by atoms with Crippen LogP contribution in [-0.4, -0.2) is 50.5 Å². The Balaban J connectivity index is 1.84. The summed E-state index contributed by atoms with van der Waals surface area (Å²) in [5.41, 5.74) is -5.41. The minimum atomic E-state index is -2.85. The number of carbonyl (C=O) groups excluding carboxylic acids is 6. The molecular weight excluding hydrogens is 524 g/mol. The first-order valence-electron chi connectivity index (χ1n) is 14.8. The van der Waals surface area contributed by atoms with Gasteiger partial charge >= 0.3 is 0 Å². The molecule has 8 heteroatoms. The topological polar surface area (TPSA) is 143 Å². The second kappa shape index (κ2) is 9.51. The molecule has 8 nitrogen and oxygen atoms in total. The Labute approximate surface area is 240 Å². The predicted molar refractivity (Wildman–Crippen MR) is 148 cm³/mol. The molecule has 1 aromatic carbocycles. The van der Waals surface area contributed by atoms with Crippen molar-refractivity contribution in [3.63, 3.8) is 0 Å². The van der Waals surface area contributed by atoms with Gasteiger partial charge in [0, 0.05) is 23.7 Å². The predicted octanol–water partition coefficient (Wildman–Crippen LogP) is 4.03. The van der Waals surface area contributed by atoms with Gasteiger partial charge in [-0.05, 0) is 54.6 Å². The molecule has 2 N–H and O–H groups in total. The monoisotopic (exact) mass is 564 g/mol. The highest BCUT2D eigenvalue weighted by Gasteiger charge is 2.80. The van der Waals surface area contributed by atoms with E-state index in [-0.39, 0.29) is 29.4 Å². The van der Waals surface area contributed by atoms with Gasteiger partial charge in [0.15, 0.2) is 28.7 Å². The average Bonchev–Trinajstić information content (AvgIpc) is 3.43. The molecule has 3 unspecified atom stereocenters. The molecule has 0 heterocycles. The average molecular weight is 565 g/mol. The quantitative estimate of drug-likeness (QED) is 0.511. The standard InChI is InChI=1S/C33H40O8/c1-15(2)25-27(37)23(17(4)34)29(39)33(41)30(40)26-28(38)24-19(12-9-13-20(24)35)16(3)31(26,5)22(32(25,33)6)14-21(36)18-10-7-8-11-18/h9,12-13,15-16,18,22-23,25-26,35,41H,7-8,10-11,14H2,1-6H3/t16-,22-,23?,25?,26?,31-,32-,33+/m1/s1. The van der Waals surface area contributed by atoms with Crippen molar-refractivity contribution in [3.05, 3.63) is 29.3 Å². The van der Waals surface area contributed by atoms with Crippen molar-refractivity contribution >= 4 is 34.7 Å². The molecule has 0 spiro atoms. The molecule has 0 saturated heterocycles. The van der Waals surface area contributed by atoms with E-state index in [1.54, 1.807) is 39.8 Å². The second-order valence-corrected chi connectivity index (χ2v) is 13.7. The number of ketones is 6. The van der Waals surface area contributed by atoms with Crippen LogP contribution in [0.15, 0.2) is 18.2 Å². The highest BCUT2D eigenvalue weighted by molar-refractivity contribution is 6.32. The Morgan fingerprint density at radius 2 is 1.63 bits per heavy atom. The summed E-state index contributed by atoms with van der Waals surface area (Å²) in [4.78, 5) is 83.6. The fourth-order valence-corrected chi connectivity index (χ4v) is 9.57. The molecule has 0 aliphatic heterocycles. The second-order valence-electron chi connectivity index (χ2n) is 13.7. The molecule has 4 aliphatic rings. The van der Waals surface area contributed by atoms with Crippen LogP contribution in [0.4, 0.5) is 0 Å². The number of phenols is 1. The molecule has 1 aromatic rings. The fraction of sp³-hybridized carbons (Fsp3) is 0.636. The summed E-state index contributed by atoms with van der Waals surface area (Å²) in [6.45, 7) is 9.72. The van der Waals surface area contributed by atoms with E-state index >= 15 is 0 Å². The molecule has 3 saturated carbocycles. The number of fused-ring (bicyclic) bond motifs is 3. The molecule has 3 fully saturated rings. The van der Waals surface area contributed by atoms with Gasteiger partial charge in [-0.15, -0.1) is 0 Å². The number of aromatic hydroxyl groups is 1. The Hall–Kier alpha value is -3.00. The van der Waals surface area contributed by atoms with Crippen LogP contribution in [0.1, 0.15) is 95.5 Å². The number of benzene rings is 1. The zero-order valence-corrected chi connectivity index (χ0v) is 24.7. The molecule has 4 aliphatic carbocycles. The summed E-state index contributed by atoms with van der Waals surface area (Å²) in [5.74, 6) is -11.5. The van der Waals surface area contributed by atoms with Crippen molar-refractivity contribution in [2.45, 2.75) is 85.2 Å². The molecule has 0 aromatic heterocycles. The van der Waals surface area contributed by atoms with Crippen LogP contribution >= 0.6 is 0 Å². The number of hydrogen-bond donors (Lipinski definition) is 2. The summed E-state index contributed by atoms with van der Waals surface area (Å²) in [6, 6.07) is 4.68. The van der Waals surface area contributed by atoms with E-state index in [1.807, 2.05) is 6.92 Å². The lowest BCUT2D eigenvalue weighted by atomic mass is 9.34. The van der Waals surface area contributed by atoms with Gasteiger partial charge in [-0.2, -0.15) is 0 Å². The van der Waals surface area contributed by atoms with Gasteiger partial charge in [0.25, 0.3) is 0 Å². The molecule has 220 valence electrons. The minimum absolute atomic E-state index is 0.0354. The lowest BCUT2D eigenvalue weighted by Gasteiger charge is -2.67. The maximum atomic E-state index is 14.7. The van der Waals surface area contributed by atoms with E-state index in [1.165, 1.54) is 6.07 Å². The van der Waals surface area contributed by atoms with E-state index in [4.69, 9.17) is 0 Å². The summed E-state index contributed by atoms with van der Waals surface area (Å²) in [7, 11) is 0. The van der Waals surface area contributed by atoms with E-state index in [9.17, 15) is 39.0 Å². The lowest BCUT2D eigenvalue weighted by Crippen LogP contribution is -2.80. The Morgan fingerprint density at radius 1 is 1.02 bits per heavy atom. The zero-order valence-electron chi connectivity index (χ0n) is 24.7. The Morgan fingerprint density at radius 3 is 2.20 bits per heavy atom. The number of hydrogen-bond acceptors (Lipinski definition) is 8. The van der Waals surface area contributed by atoms with Crippen LogP contribution in [0.3, 0.4) is 0 Å². The number of phenolic OH excluding ortho intramolecular Hbond substituents is 1. The van der Waals surface area contributed by atoms with E-state index in [0.29, 0.717) is 18.4 Å². The summed E-state index contributed by atoms with van der Waals surface area (Å²) in [6.07, 6.45) is 3.13. The Bertz CT molecular complexity index is 1390. The Kier molecular flexibility index (Phi) is 6.84. The normalized spacial score (nSPS) is 39.0. The van der Waals surface area contributed by atoms with Crippen molar-refractivity contribution in [2.75, 3.05) is 0 Å². The van der Waals surface area contributed by atoms with Crippen LogP contribution in [-0.2, 0) is 24.0 Å². The van der Waals surface area contributed by atoms with Crippen molar-refractivity contribution in [1.29, 1.82) is 0 Å². The number of rotatable bonds is 5. The molecule has 0 bridgehead atoms. The number of carbonyl (C=O) groups is 6. The summed E-state index contributed by atoms with van der Waals surface area (Å²) < 4.78 is 0. The summed E-state index contributed by atoms with van der Waals surface area (Å²) in [5, 5.41) is 23.3. The lowest BCUT2D eigenvalue weighted by molar-refractivity contribution is -0.226. The molecular formula is C33H40O8. The van der Waals surface area contributed by atoms with Crippen LogP contribution in [0, 0.1) is 46.3 Å². The van der Waals surface area contributed by atoms with Crippen LogP contribution in [0.5, 0.6) is 5.75 Å². The van der Waals surface area contributed by atoms with E-state index < -0.39 is 80.9 Å². The van der Waals surface area contributed by atoms with Gasteiger partial charge in [0.05, 0.1) is 11.5 Å². The maximum absolute atomic E-state index is 14.7. The SMILES string of the molecule is CC(=O)C1C(=O)C(C(C)C)[C@@]2(C)[C@H](CC(=O)C3CCCC3)[C@]3(C)C(C(=O)c4c(O)cccc4[C@H]3C)C(=O)[C@@]2(O)C1=O. The zero-order chi connectivity index (χ0) is 30.4. The van der Waals surface area contributed by atoms with Crippen LogP contribution in [0.25, 0.3) is 0 Å². The van der Waals surface area contributed by atoms with Gasteiger partial charge in [0.1, 0.15) is 23.2 Å². The molecule has 41 heavy (non-hydrogen) atoms. The largest absolute Gasteiger partial charge is 0.507 e. The fourth-order valence-electron chi connectivity index (χ4n) is 9.57. The first kappa shape index (κ1) is 29.5. The minimum Gasteiger partial charge on any atom is -0.507 e. The van der Waals surface area contributed by atoms with Crippen molar-refractivity contribution < 1.29 is 39.0 Å². The van der Waals surface area contributed by atoms with Gasteiger partial charge in [-0.25, -0.2) is 0 Å². The van der Waals surface area contributed by atoms with Crippen molar-refractivity contribution in [2.24, 2.45) is 46.3 Å². The van der Waals surface area contributed by atoms with Crippen LogP contribution in [0.2, 0.25) is 0 Å². The molecule has 8 atom stereocenters. The van der Waals surface area contributed by atoms with Crippen molar-refractivity contribution in [1.82, 2.24) is 0 Å². The highest BCUT2D eigenvalue weighted by Crippen LogP contribution is 2.70. The third-order valence-electron chi connectivity index (χ3n) is 11.6. The smallest absolute Gasteiger partial charge is 0.190 e. The van der Waals surface area contributed by atoms with Crippen LogP contribution < -0.4 is 0 Å². The maximum Gasteiger partial charge on any atom is 0.190 e. The van der Waals surface area contributed by atoms with E-state index in [0.717, 1.165) is 19.8 Å². The third-order valence-corrected chi connectivity index (χ3v) is 11.6. The highest BCUT2D eigenvalue weighted by atomic mass is 16.3. The van der Waals surface area contributed by atoms with Gasteiger partial charge in [0.2, 0.25) is 0 Å². The van der Waals surface area contributed by atoms with Gasteiger partial charge in [-0.3, -0.25) is 28.8 Å². The molecule has 5 rings (SSSR count). The summed E-state index contributed by atoms with van der Waals surface area (Å²) >= 11 is 0. The van der Waals surface area contributed by atoms with Crippen molar-refractivity contribution in [3.8, 4) is 5.75 Å². The van der Waals surface area contributed by atoms with Gasteiger partial charge in [-0.1, -0.05) is 59.6 Å². The molecule has 0 amide bonds. The number of aliphatic hydroxyl groups is 1. The third kappa shape index (κ3) is 3.55. The van der Waals surface area contributed by atoms with Gasteiger partial charge < -0.3 is 10.2 Å². The van der Waals surface area contributed by atoms with E-state index in [2.05, 4.69) is 0 Å². The first-order valence-corrected chi connectivity index (χ1v) is 14.8. The molecule has 0 radical (unpaired) electrons. The number of Topliss-reactive ketones (excluding diaryl/α,β-unsaturated/α-hetero) is 6. The first-order chi connectivity index (χ1) is 19.1.